The maximum atomic E-state index is 5.65. The summed E-state index contributed by atoms with van der Waals surface area (Å²) in [7, 11) is 0. The van der Waals surface area contributed by atoms with E-state index in [1.807, 2.05) is 12.1 Å². The van der Waals surface area contributed by atoms with Crippen molar-refractivity contribution in [3.63, 3.8) is 0 Å². The highest BCUT2D eigenvalue weighted by Crippen LogP contribution is 2.20. The molecule has 2 rings (SSSR count). The summed E-state index contributed by atoms with van der Waals surface area (Å²) in [5.41, 5.74) is 7.89. The molecule has 0 amide bonds. The van der Waals surface area contributed by atoms with Gasteiger partial charge in [-0.1, -0.05) is 12.1 Å². The molecular formula is C9H14Cl2N2. The van der Waals surface area contributed by atoms with Gasteiger partial charge in [-0.05, 0) is 17.7 Å². The van der Waals surface area contributed by atoms with Crippen LogP contribution in [0.3, 0.4) is 0 Å². The molecule has 3 N–H and O–H groups in total. The summed E-state index contributed by atoms with van der Waals surface area (Å²) in [6.45, 7) is 2.20. The Hall–Kier alpha value is -0.440. The van der Waals surface area contributed by atoms with Crippen LogP contribution in [0.15, 0.2) is 24.3 Å². The largest absolute Gasteiger partial charge is 0.399 e. The number of halogens is 2. The Kier molecular flexibility index (Phi) is 5.14. The normalized spacial score (nSPS) is 15.1. The van der Waals surface area contributed by atoms with E-state index in [-0.39, 0.29) is 24.8 Å². The number of nitrogens with two attached hydrogens (primary N) is 1. The minimum Gasteiger partial charge on any atom is -0.399 e. The molecule has 74 valence electrons. The van der Waals surface area contributed by atoms with Crippen LogP contribution in [0.4, 0.5) is 5.69 Å². The van der Waals surface area contributed by atoms with Gasteiger partial charge in [-0.25, -0.2) is 0 Å². The highest BCUT2D eigenvalue weighted by atomic mass is 35.5. The number of benzene rings is 1. The van der Waals surface area contributed by atoms with Gasteiger partial charge in [0.2, 0.25) is 0 Å². The highest BCUT2D eigenvalue weighted by Gasteiger charge is 2.18. The summed E-state index contributed by atoms with van der Waals surface area (Å²) in [6, 6.07) is 8.14. The van der Waals surface area contributed by atoms with E-state index in [0.717, 1.165) is 18.8 Å². The van der Waals surface area contributed by atoms with Gasteiger partial charge in [0.05, 0.1) is 0 Å². The minimum atomic E-state index is 0. The Balaban J connectivity index is 0.000000720. The Morgan fingerprint density at radius 3 is 2.38 bits per heavy atom. The summed E-state index contributed by atoms with van der Waals surface area (Å²) in [5.74, 6) is 0.693. The van der Waals surface area contributed by atoms with Gasteiger partial charge in [-0.2, -0.15) is 0 Å². The van der Waals surface area contributed by atoms with Crippen LogP contribution in [0.25, 0.3) is 0 Å². The van der Waals surface area contributed by atoms with Crippen molar-refractivity contribution in [2.75, 3.05) is 18.8 Å². The molecule has 1 saturated heterocycles. The van der Waals surface area contributed by atoms with E-state index in [4.69, 9.17) is 5.73 Å². The van der Waals surface area contributed by atoms with Crippen LogP contribution in [-0.2, 0) is 0 Å². The first-order valence-electron chi connectivity index (χ1n) is 3.92. The molecule has 1 aromatic rings. The third kappa shape index (κ3) is 2.76. The summed E-state index contributed by atoms with van der Waals surface area (Å²) in [5, 5.41) is 3.24. The molecule has 0 aliphatic carbocycles. The third-order valence-corrected chi connectivity index (χ3v) is 2.16. The van der Waals surface area contributed by atoms with Crippen LogP contribution in [0.1, 0.15) is 11.5 Å². The van der Waals surface area contributed by atoms with Crippen LogP contribution in [0.2, 0.25) is 0 Å². The van der Waals surface area contributed by atoms with E-state index < -0.39 is 0 Å². The zero-order chi connectivity index (χ0) is 7.68. The van der Waals surface area contributed by atoms with Crippen LogP contribution < -0.4 is 11.1 Å². The minimum absolute atomic E-state index is 0. The molecule has 4 heteroatoms. The van der Waals surface area contributed by atoms with Crippen LogP contribution in [-0.4, -0.2) is 13.1 Å². The first-order valence-corrected chi connectivity index (χ1v) is 3.92. The Morgan fingerprint density at radius 2 is 1.92 bits per heavy atom. The maximum Gasteiger partial charge on any atom is 0.0316 e. The predicted octanol–water partition coefficient (Wildman–Crippen LogP) is 1.80. The second-order valence-electron chi connectivity index (χ2n) is 3.03. The SMILES string of the molecule is Cl.Cl.Nc1cccc(C2CNC2)c1. The summed E-state index contributed by atoms with van der Waals surface area (Å²) in [6.07, 6.45) is 0. The molecule has 0 aromatic heterocycles. The molecule has 0 atom stereocenters. The van der Waals surface area contributed by atoms with Crippen LogP contribution in [0, 0.1) is 0 Å². The fraction of sp³-hybridized carbons (Fsp3) is 0.333. The zero-order valence-electron chi connectivity index (χ0n) is 7.19. The molecule has 1 aliphatic rings. The van der Waals surface area contributed by atoms with Gasteiger partial charge in [0, 0.05) is 24.7 Å². The van der Waals surface area contributed by atoms with Crippen molar-refractivity contribution in [3.8, 4) is 0 Å². The summed E-state index contributed by atoms with van der Waals surface area (Å²) < 4.78 is 0. The first-order chi connectivity index (χ1) is 5.36. The molecule has 1 aliphatic heterocycles. The van der Waals surface area contributed by atoms with Crippen molar-refractivity contribution in [1.29, 1.82) is 0 Å². The van der Waals surface area contributed by atoms with Crippen molar-refractivity contribution in [3.05, 3.63) is 29.8 Å². The van der Waals surface area contributed by atoms with Gasteiger partial charge >= 0.3 is 0 Å². The molecule has 2 nitrogen and oxygen atoms in total. The molecule has 13 heavy (non-hydrogen) atoms. The lowest BCUT2D eigenvalue weighted by Gasteiger charge is -2.27. The van der Waals surface area contributed by atoms with E-state index in [1.54, 1.807) is 0 Å². The van der Waals surface area contributed by atoms with Gasteiger partial charge < -0.3 is 11.1 Å². The van der Waals surface area contributed by atoms with Gasteiger partial charge in [-0.15, -0.1) is 24.8 Å². The fourth-order valence-electron chi connectivity index (χ4n) is 1.34. The fourth-order valence-corrected chi connectivity index (χ4v) is 1.34. The number of hydrogen-bond donors (Lipinski definition) is 2. The molecule has 0 spiro atoms. The number of rotatable bonds is 1. The molecule has 0 radical (unpaired) electrons. The van der Waals surface area contributed by atoms with E-state index in [1.165, 1.54) is 5.56 Å². The second-order valence-corrected chi connectivity index (χ2v) is 3.03. The summed E-state index contributed by atoms with van der Waals surface area (Å²) >= 11 is 0. The number of anilines is 1. The van der Waals surface area contributed by atoms with Crippen molar-refractivity contribution < 1.29 is 0 Å². The van der Waals surface area contributed by atoms with Crippen molar-refractivity contribution in [2.45, 2.75) is 5.92 Å². The Bertz CT molecular complexity index is 262. The van der Waals surface area contributed by atoms with Crippen LogP contribution >= 0.6 is 24.8 Å². The van der Waals surface area contributed by atoms with Gasteiger partial charge in [0.15, 0.2) is 0 Å². The Labute approximate surface area is 90.7 Å². The first kappa shape index (κ1) is 12.6. The number of hydrogen-bond acceptors (Lipinski definition) is 2. The average molecular weight is 221 g/mol. The standard InChI is InChI=1S/C9H12N2.2ClH/c10-9-3-1-2-7(4-9)8-5-11-6-8;;/h1-4,8,11H,5-6,10H2;2*1H. The second kappa shape index (κ2) is 5.32. The quantitative estimate of drug-likeness (QED) is 0.709. The molecule has 0 unspecified atom stereocenters. The molecule has 1 aromatic carbocycles. The zero-order valence-corrected chi connectivity index (χ0v) is 8.83. The Morgan fingerprint density at radius 1 is 1.23 bits per heavy atom. The molecular weight excluding hydrogens is 207 g/mol. The van der Waals surface area contributed by atoms with Gasteiger partial charge in [-0.3, -0.25) is 0 Å². The monoisotopic (exact) mass is 220 g/mol. The topological polar surface area (TPSA) is 38.0 Å². The maximum absolute atomic E-state index is 5.65. The molecule has 0 saturated carbocycles. The lowest BCUT2D eigenvalue weighted by molar-refractivity contribution is 0.448. The van der Waals surface area contributed by atoms with Gasteiger partial charge in [0.25, 0.3) is 0 Å². The van der Waals surface area contributed by atoms with Gasteiger partial charge in [0.1, 0.15) is 0 Å². The average Bonchev–Trinajstić information content (AvgIpc) is 1.83. The van der Waals surface area contributed by atoms with E-state index in [9.17, 15) is 0 Å². The van der Waals surface area contributed by atoms with E-state index in [0.29, 0.717) is 5.92 Å². The smallest absolute Gasteiger partial charge is 0.0316 e. The predicted molar refractivity (Wildman–Crippen MR) is 61.0 cm³/mol. The lowest BCUT2D eigenvalue weighted by Crippen LogP contribution is -2.39. The molecule has 0 bridgehead atoms. The van der Waals surface area contributed by atoms with Crippen LogP contribution in [0.5, 0.6) is 0 Å². The summed E-state index contributed by atoms with van der Waals surface area (Å²) in [4.78, 5) is 0. The lowest BCUT2D eigenvalue weighted by atomic mass is 9.94. The van der Waals surface area contributed by atoms with E-state index >= 15 is 0 Å². The van der Waals surface area contributed by atoms with Crippen molar-refractivity contribution in [1.82, 2.24) is 5.32 Å². The molecule has 1 heterocycles. The number of nitrogen functional groups attached to an aromatic ring is 1. The molecule has 1 fully saturated rings. The van der Waals surface area contributed by atoms with E-state index in [2.05, 4.69) is 17.4 Å². The van der Waals surface area contributed by atoms with Crippen molar-refractivity contribution in [2.24, 2.45) is 0 Å². The highest BCUT2D eigenvalue weighted by molar-refractivity contribution is 5.85. The number of nitrogens with one attached hydrogen (secondary N) is 1. The third-order valence-electron chi connectivity index (χ3n) is 2.16. The van der Waals surface area contributed by atoms with Crippen molar-refractivity contribution >= 4 is 30.5 Å².